The van der Waals surface area contributed by atoms with Gasteiger partial charge in [-0.25, -0.2) is 18.4 Å². The van der Waals surface area contributed by atoms with Crippen LogP contribution in [0.5, 0.6) is 0 Å². The summed E-state index contributed by atoms with van der Waals surface area (Å²) in [5.74, 6) is -0.184. The highest BCUT2D eigenvalue weighted by Gasteiger charge is 2.32. The monoisotopic (exact) mass is 484 g/mol. The maximum absolute atomic E-state index is 13.0. The Morgan fingerprint density at radius 1 is 0.824 bits per heavy atom. The molecule has 3 aromatic carbocycles. The smallest absolute Gasteiger partial charge is 0.324 e. The van der Waals surface area contributed by atoms with E-state index in [2.05, 4.69) is 20.0 Å². The van der Waals surface area contributed by atoms with Gasteiger partial charge >= 0.3 is 6.18 Å². The number of anilines is 3. The van der Waals surface area contributed by atoms with Crippen LogP contribution in [0.1, 0.15) is 11.3 Å². The van der Waals surface area contributed by atoms with Crippen LogP contribution in [0.4, 0.5) is 30.5 Å². The summed E-state index contributed by atoms with van der Waals surface area (Å²) in [6.45, 7) is 1.84. The Bertz CT molecular complexity index is 1430. The van der Waals surface area contributed by atoms with Crippen molar-refractivity contribution in [1.82, 2.24) is 9.97 Å². The number of alkyl halides is 3. The van der Waals surface area contributed by atoms with Crippen molar-refractivity contribution in [3.63, 3.8) is 0 Å². The summed E-state index contributed by atoms with van der Waals surface area (Å²) in [5, 5.41) is 2.81. The van der Waals surface area contributed by atoms with Crippen LogP contribution >= 0.6 is 0 Å². The van der Waals surface area contributed by atoms with Gasteiger partial charge in [-0.15, -0.1) is 0 Å². The summed E-state index contributed by atoms with van der Waals surface area (Å²) in [6.07, 6.45) is -3.54. The van der Waals surface area contributed by atoms with Gasteiger partial charge in [-0.2, -0.15) is 13.2 Å². The molecule has 1 aromatic heterocycles. The van der Waals surface area contributed by atoms with E-state index in [1.165, 1.54) is 12.1 Å². The Morgan fingerprint density at radius 2 is 1.56 bits per heavy atom. The van der Waals surface area contributed by atoms with Gasteiger partial charge in [0.2, 0.25) is 5.95 Å². The van der Waals surface area contributed by atoms with Crippen molar-refractivity contribution < 1.29 is 21.6 Å². The summed E-state index contributed by atoms with van der Waals surface area (Å²) >= 11 is 0. The second-order valence-electron chi connectivity index (χ2n) is 7.48. The van der Waals surface area contributed by atoms with Gasteiger partial charge in [-0.3, -0.25) is 4.72 Å². The van der Waals surface area contributed by atoms with Crippen LogP contribution < -0.4 is 10.0 Å². The lowest BCUT2D eigenvalue weighted by molar-refractivity contribution is -0.141. The molecule has 0 bridgehead atoms. The van der Waals surface area contributed by atoms with Crippen LogP contribution in [0.3, 0.4) is 0 Å². The topological polar surface area (TPSA) is 84.0 Å². The van der Waals surface area contributed by atoms with E-state index in [-0.39, 0.29) is 10.8 Å². The molecule has 0 fully saturated rings. The first kappa shape index (κ1) is 23.2. The lowest BCUT2D eigenvalue weighted by atomic mass is 10.0. The third kappa shape index (κ3) is 5.52. The number of nitrogens with one attached hydrogen (secondary N) is 2. The van der Waals surface area contributed by atoms with E-state index in [4.69, 9.17) is 0 Å². The number of aromatic nitrogens is 2. The largest absolute Gasteiger partial charge is 0.433 e. The molecule has 34 heavy (non-hydrogen) atoms. The van der Waals surface area contributed by atoms with Crippen LogP contribution in [0.25, 0.3) is 11.1 Å². The zero-order chi connectivity index (χ0) is 24.3. The molecule has 0 radical (unpaired) electrons. The molecule has 6 nitrogen and oxygen atoms in total. The molecule has 0 spiro atoms. The number of rotatable bonds is 6. The highest BCUT2D eigenvalue weighted by Crippen LogP contribution is 2.30. The normalized spacial score (nSPS) is 11.8. The average Bonchev–Trinajstić information content (AvgIpc) is 2.79. The third-order valence-corrected chi connectivity index (χ3v) is 6.18. The zero-order valence-electron chi connectivity index (χ0n) is 17.8. The van der Waals surface area contributed by atoms with Gasteiger partial charge < -0.3 is 5.32 Å². The van der Waals surface area contributed by atoms with Crippen molar-refractivity contribution in [2.45, 2.75) is 18.0 Å². The quantitative estimate of drug-likeness (QED) is 0.350. The first-order chi connectivity index (χ1) is 16.1. The summed E-state index contributed by atoms with van der Waals surface area (Å²) in [6, 6.07) is 21.0. The Hall–Kier alpha value is -3.92. The van der Waals surface area contributed by atoms with E-state index in [1.807, 2.05) is 13.0 Å². The van der Waals surface area contributed by atoms with Gasteiger partial charge in [0.15, 0.2) is 0 Å². The molecule has 0 unspecified atom stereocenters. The number of halogens is 3. The Kier molecular flexibility index (Phi) is 6.25. The minimum Gasteiger partial charge on any atom is -0.324 e. The van der Waals surface area contributed by atoms with Crippen LogP contribution in [0, 0.1) is 6.92 Å². The summed E-state index contributed by atoms with van der Waals surface area (Å²) in [7, 11) is -3.76. The van der Waals surface area contributed by atoms with Crippen LogP contribution in [-0.4, -0.2) is 18.4 Å². The minimum absolute atomic E-state index is 0.142. The van der Waals surface area contributed by atoms with E-state index in [0.717, 1.165) is 23.4 Å². The summed E-state index contributed by atoms with van der Waals surface area (Å²) < 4.78 is 66.7. The Morgan fingerprint density at radius 3 is 2.29 bits per heavy atom. The first-order valence-corrected chi connectivity index (χ1v) is 11.6. The van der Waals surface area contributed by atoms with Gasteiger partial charge in [0, 0.05) is 17.6 Å². The van der Waals surface area contributed by atoms with E-state index in [0.29, 0.717) is 16.9 Å². The highest BCUT2D eigenvalue weighted by molar-refractivity contribution is 7.92. The molecule has 4 aromatic rings. The second-order valence-corrected chi connectivity index (χ2v) is 9.16. The molecule has 4 rings (SSSR count). The van der Waals surface area contributed by atoms with Crippen molar-refractivity contribution in [2.75, 3.05) is 10.0 Å². The fraction of sp³-hybridized carbons (Fsp3) is 0.0833. The van der Waals surface area contributed by atoms with E-state index in [1.54, 1.807) is 54.6 Å². The lowest BCUT2D eigenvalue weighted by Gasteiger charge is -2.12. The molecule has 0 atom stereocenters. The Labute approximate surface area is 194 Å². The van der Waals surface area contributed by atoms with Crippen LogP contribution in [-0.2, 0) is 16.2 Å². The zero-order valence-corrected chi connectivity index (χ0v) is 18.7. The number of hydrogen-bond donors (Lipinski definition) is 2. The summed E-state index contributed by atoms with van der Waals surface area (Å²) in [5.41, 5.74) is 2.10. The molecular weight excluding hydrogens is 465 g/mol. The lowest BCUT2D eigenvalue weighted by Crippen LogP contribution is -2.12. The molecule has 0 saturated heterocycles. The number of sulfonamides is 1. The second kappa shape index (κ2) is 9.14. The number of aryl methyl sites for hydroxylation is 1. The van der Waals surface area contributed by atoms with E-state index in [9.17, 15) is 21.6 Å². The van der Waals surface area contributed by atoms with Gasteiger partial charge in [-0.05, 0) is 66.1 Å². The molecule has 0 amide bonds. The average molecular weight is 485 g/mol. The number of nitrogens with zero attached hydrogens (tertiary/aromatic N) is 2. The molecule has 0 aliphatic carbocycles. The van der Waals surface area contributed by atoms with Crippen molar-refractivity contribution in [1.29, 1.82) is 0 Å². The van der Waals surface area contributed by atoms with Gasteiger partial charge in [0.05, 0.1) is 4.90 Å². The molecule has 10 heteroatoms. The SMILES string of the molecule is Cc1cc(Nc2nccc(C(F)(F)F)n2)cc(-c2cccc(NS(=O)(=O)c3ccccc3)c2)c1. The predicted octanol–water partition coefficient (Wildman–Crippen LogP) is 6.02. The van der Waals surface area contributed by atoms with E-state index < -0.39 is 21.9 Å². The molecule has 0 saturated carbocycles. The van der Waals surface area contributed by atoms with Crippen molar-refractivity contribution in [3.05, 3.63) is 96.3 Å². The van der Waals surface area contributed by atoms with Crippen LogP contribution in [0.2, 0.25) is 0 Å². The molecule has 0 aliphatic rings. The standard InChI is InChI=1S/C24H19F3N4O2S/c1-16-12-18(15-20(13-16)29-23-28-11-10-22(30-23)24(25,26)27)17-6-5-7-19(14-17)31-34(32,33)21-8-3-2-4-9-21/h2-15,31H,1H3,(H,28,29,30). The molecule has 1 heterocycles. The number of benzene rings is 3. The predicted molar refractivity (Wildman–Crippen MR) is 124 cm³/mol. The Balaban J connectivity index is 1.61. The highest BCUT2D eigenvalue weighted by atomic mass is 32.2. The van der Waals surface area contributed by atoms with E-state index >= 15 is 0 Å². The first-order valence-electron chi connectivity index (χ1n) is 10.1. The number of hydrogen-bond acceptors (Lipinski definition) is 5. The molecule has 0 aliphatic heterocycles. The van der Waals surface area contributed by atoms with Gasteiger partial charge in [0.1, 0.15) is 5.69 Å². The minimum atomic E-state index is -4.58. The van der Waals surface area contributed by atoms with Crippen molar-refractivity contribution in [3.8, 4) is 11.1 Å². The van der Waals surface area contributed by atoms with Gasteiger partial charge in [-0.1, -0.05) is 36.4 Å². The maximum atomic E-state index is 13.0. The van der Waals surface area contributed by atoms with Crippen molar-refractivity contribution in [2.24, 2.45) is 0 Å². The molecule has 2 N–H and O–H groups in total. The molecule has 174 valence electrons. The van der Waals surface area contributed by atoms with Gasteiger partial charge in [0.25, 0.3) is 10.0 Å². The molecular formula is C24H19F3N4O2S. The fourth-order valence-corrected chi connectivity index (χ4v) is 4.37. The third-order valence-electron chi connectivity index (χ3n) is 4.78. The van der Waals surface area contributed by atoms with Crippen LogP contribution in [0.15, 0.2) is 90.0 Å². The van der Waals surface area contributed by atoms with Crippen molar-refractivity contribution >= 4 is 27.3 Å². The maximum Gasteiger partial charge on any atom is 0.433 e. The summed E-state index contributed by atoms with van der Waals surface area (Å²) in [4.78, 5) is 7.54. The fourth-order valence-electron chi connectivity index (χ4n) is 3.30.